The summed E-state index contributed by atoms with van der Waals surface area (Å²) in [4.78, 5) is 0. The third kappa shape index (κ3) is 1.72. The Labute approximate surface area is 99.2 Å². The van der Waals surface area contributed by atoms with Gasteiger partial charge >= 0.3 is 0 Å². The van der Waals surface area contributed by atoms with Gasteiger partial charge in [0.25, 0.3) is 0 Å². The number of rotatable bonds is 1. The van der Waals surface area contributed by atoms with Gasteiger partial charge in [-0.15, -0.1) is 12.4 Å². The van der Waals surface area contributed by atoms with Crippen molar-refractivity contribution in [1.82, 2.24) is 10.2 Å². The lowest BCUT2D eigenvalue weighted by Crippen LogP contribution is -1.85. The lowest BCUT2D eigenvalue weighted by Gasteiger charge is -2.01. The van der Waals surface area contributed by atoms with E-state index in [1.165, 1.54) is 5.56 Å². The second-order valence-corrected chi connectivity index (χ2v) is 3.63. The highest BCUT2D eigenvalue weighted by molar-refractivity contribution is 5.85. The van der Waals surface area contributed by atoms with Crippen LogP contribution in [0.4, 0.5) is 5.82 Å². The lowest BCUT2D eigenvalue weighted by atomic mass is 10.1. The van der Waals surface area contributed by atoms with E-state index in [9.17, 15) is 0 Å². The molecule has 0 fully saturated rings. The summed E-state index contributed by atoms with van der Waals surface area (Å²) < 4.78 is 5.44. The van der Waals surface area contributed by atoms with Crippen molar-refractivity contribution in [2.75, 3.05) is 12.3 Å². The van der Waals surface area contributed by atoms with E-state index in [1.54, 1.807) is 0 Å². The molecule has 0 radical (unpaired) electrons. The zero-order valence-corrected chi connectivity index (χ0v) is 9.38. The number of fused-ring (bicyclic) bond motifs is 1. The Morgan fingerprint density at radius 1 is 1.31 bits per heavy atom. The number of aromatic nitrogens is 2. The van der Waals surface area contributed by atoms with E-state index in [0.717, 1.165) is 30.0 Å². The van der Waals surface area contributed by atoms with Gasteiger partial charge in [-0.25, -0.2) is 0 Å². The van der Waals surface area contributed by atoms with Gasteiger partial charge < -0.3 is 10.5 Å². The number of nitrogens with zero attached hydrogens (tertiary/aromatic N) is 1. The molecule has 0 bridgehead atoms. The van der Waals surface area contributed by atoms with Gasteiger partial charge in [-0.1, -0.05) is 0 Å². The Bertz CT molecular complexity index is 510. The van der Waals surface area contributed by atoms with Crippen LogP contribution in [0.3, 0.4) is 0 Å². The van der Waals surface area contributed by atoms with Gasteiger partial charge in [-0.3, -0.25) is 5.10 Å². The molecule has 1 aromatic heterocycles. The largest absolute Gasteiger partial charge is 0.493 e. The fraction of sp³-hybridized carbons (Fsp3) is 0.182. The zero-order chi connectivity index (χ0) is 10.3. The molecule has 84 valence electrons. The van der Waals surface area contributed by atoms with Crippen LogP contribution in [0.5, 0.6) is 5.75 Å². The highest BCUT2D eigenvalue weighted by Crippen LogP contribution is 2.29. The van der Waals surface area contributed by atoms with Gasteiger partial charge in [-0.05, 0) is 23.8 Å². The van der Waals surface area contributed by atoms with Crippen LogP contribution in [0.25, 0.3) is 11.3 Å². The quantitative estimate of drug-likeness (QED) is 0.798. The molecule has 0 amide bonds. The molecule has 4 nitrogen and oxygen atoms in total. The zero-order valence-electron chi connectivity index (χ0n) is 8.56. The number of aromatic amines is 1. The first-order valence-electron chi connectivity index (χ1n) is 4.90. The molecule has 0 atom stereocenters. The predicted octanol–water partition coefficient (Wildman–Crippen LogP) is 2.02. The average molecular weight is 238 g/mol. The Morgan fingerprint density at radius 3 is 2.94 bits per heavy atom. The third-order valence-corrected chi connectivity index (χ3v) is 2.60. The van der Waals surface area contributed by atoms with Crippen molar-refractivity contribution in [1.29, 1.82) is 0 Å². The third-order valence-electron chi connectivity index (χ3n) is 2.60. The van der Waals surface area contributed by atoms with E-state index in [0.29, 0.717) is 5.82 Å². The van der Waals surface area contributed by atoms with Crippen LogP contribution in [0.2, 0.25) is 0 Å². The molecule has 0 saturated heterocycles. The maximum Gasteiger partial charge on any atom is 0.145 e. The summed E-state index contributed by atoms with van der Waals surface area (Å²) in [5.74, 6) is 1.51. The summed E-state index contributed by atoms with van der Waals surface area (Å²) in [7, 11) is 0. The monoisotopic (exact) mass is 237 g/mol. The number of benzene rings is 1. The second kappa shape index (κ2) is 4.06. The van der Waals surface area contributed by atoms with Crippen molar-refractivity contribution >= 4 is 18.2 Å². The van der Waals surface area contributed by atoms with Crippen molar-refractivity contribution < 1.29 is 4.74 Å². The van der Waals surface area contributed by atoms with E-state index in [-0.39, 0.29) is 12.4 Å². The normalized spacial score (nSPS) is 12.8. The Kier molecular flexibility index (Phi) is 2.75. The Morgan fingerprint density at radius 2 is 2.19 bits per heavy atom. The van der Waals surface area contributed by atoms with E-state index in [2.05, 4.69) is 16.3 Å². The molecule has 1 aliphatic heterocycles. The fourth-order valence-electron chi connectivity index (χ4n) is 1.84. The van der Waals surface area contributed by atoms with Crippen molar-refractivity contribution in [3.63, 3.8) is 0 Å². The Balaban J connectivity index is 0.000000963. The Hall–Kier alpha value is -1.68. The summed E-state index contributed by atoms with van der Waals surface area (Å²) in [5, 5.41) is 6.81. The van der Waals surface area contributed by atoms with Crippen LogP contribution < -0.4 is 10.5 Å². The topological polar surface area (TPSA) is 63.9 Å². The first-order valence-corrected chi connectivity index (χ1v) is 4.90. The predicted molar refractivity (Wildman–Crippen MR) is 64.9 cm³/mol. The molecule has 2 aromatic rings. The van der Waals surface area contributed by atoms with E-state index < -0.39 is 0 Å². The van der Waals surface area contributed by atoms with Gasteiger partial charge in [0.05, 0.1) is 12.3 Å². The average Bonchev–Trinajstić information content (AvgIpc) is 2.84. The van der Waals surface area contributed by atoms with Gasteiger partial charge in [0.1, 0.15) is 11.6 Å². The second-order valence-electron chi connectivity index (χ2n) is 3.63. The van der Waals surface area contributed by atoms with Crippen molar-refractivity contribution in [3.8, 4) is 17.0 Å². The fourth-order valence-corrected chi connectivity index (χ4v) is 1.84. The molecule has 3 N–H and O–H groups in total. The van der Waals surface area contributed by atoms with Crippen LogP contribution in [0.15, 0.2) is 24.3 Å². The first kappa shape index (κ1) is 10.8. The minimum atomic E-state index is 0. The minimum Gasteiger partial charge on any atom is -0.493 e. The van der Waals surface area contributed by atoms with Gasteiger partial charge in [0.15, 0.2) is 0 Å². The molecule has 1 aromatic carbocycles. The molecule has 1 aliphatic rings. The molecule has 0 aliphatic carbocycles. The van der Waals surface area contributed by atoms with Crippen LogP contribution >= 0.6 is 12.4 Å². The summed E-state index contributed by atoms with van der Waals surface area (Å²) in [5.41, 5.74) is 8.86. The number of nitrogens with one attached hydrogen (secondary N) is 1. The van der Waals surface area contributed by atoms with Crippen molar-refractivity contribution in [2.45, 2.75) is 6.42 Å². The smallest absolute Gasteiger partial charge is 0.145 e. The van der Waals surface area contributed by atoms with E-state index >= 15 is 0 Å². The molecule has 0 unspecified atom stereocenters. The van der Waals surface area contributed by atoms with E-state index in [4.69, 9.17) is 10.5 Å². The number of nitrogens with two attached hydrogens (primary N) is 1. The molecular weight excluding hydrogens is 226 g/mol. The van der Waals surface area contributed by atoms with Crippen LogP contribution in [-0.4, -0.2) is 16.8 Å². The number of H-pyrrole nitrogens is 1. The number of anilines is 1. The van der Waals surface area contributed by atoms with Crippen molar-refractivity contribution in [2.24, 2.45) is 0 Å². The molecule has 3 rings (SSSR count). The highest BCUT2D eigenvalue weighted by Gasteiger charge is 2.13. The maximum absolute atomic E-state index is 5.56. The maximum atomic E-state index is 5.56. The molecular formula is C11H12ClN3O. The molecule has 2 heterocycles. The van der Waals surface area contributed by atoms with Crippen LogP contribution in [-0.2, 0) is 6.42 Å². The van der Waals surface area contributed by atoms with E-state index in [1.807, 2.05) is 18.2 Å². The standard InChI is InChI=1S/C11H11N3O.ClH/c12-11-6-9(13-14-11)7-1-2-10-8(5-7)3-4-15-10;/h1-2,5-6H,3-4H2,(H3,12,13,14);1H. The summed E-state index contributed by atoms with van der Waals surface area (Å²) in [6, 6.07) is 7.96. The molecule has 16 heavy (non-hydrogen) atoms. The van der Waals surface area contributed by atoms with Crippen LogP contribution in [0, 0.1) is 0 Å². The number of hydrogen-bond donors (Lipinski definition) is 2. The highest BCUT2D eigenvalue weighted by atomic mass is 35.5. The van der Waals surface area contributed by atoms with Gasteiger partial charge in [-0.2, -0.15) is 5.10 Å². The number of ether oxygens (including phenoxy) is 1. The molecule has 5 heteroatoms. The first-order chi connectivity index (χ1) is 7.33. The summed E-state index contributed by atoms with van der Waals surface area (Å²) >= 11 is 0. The van der Waals surface area contributed by atoms with Crippen molar-refractivity contribution in [3.05, 3.63) is 29.8 Å². The molecule has 0 spiro atoms. The lowest BCUT2D eigenvalue weighted by molar-refractivity contribution is 0.357. The SMILES string of the molecule is Cl.Nc1cc(-c2ccc3c(c2)CCO3)[nH]n1. The van der Waals surface area contributed by atoms with Gasteiger partial charge in [0, 0.05) is 18.1 Å². The number of halogens is 1. The summed E-state index contributed by atoms with van der Waals surface area (Å²) in [6.45, 7) is 0.782. The number of hydrogen-bond acceptors (Lipinski definition) is 3. The minimum absolute atomic E-state index is 0. The number of nitrogen functional groups attached to an aromatic ring is 1. The molecule has 0 saturated carbocycles. The van der Waals surface area contributed by atoms with Gasteiger partial charge in [0.2, 0.25) is 0 Å². The van der Waals surface area contributed by atoms with Crippen LogP contribution in [0.1, 0.15) is 5.56 Å². The summed E-state index contributed by atoms with van der Waals surface area (Å²) in [6.07, 6.45) is 0.979.